The third-order valence-electron chi connectivity index (χ3n) is 1.44. The molecule has 1 heterocycles. The lowest BCUT2D eigenvalue weighted by atomic mass is 10.3. The van der Waals surface area contributed by atoms with Crippen LogP contribution in [0.5, 0.6) is 5.75 Å². The van der Waals surface area contributed by atoms with Crippen LogP contribution in [0.1, 0.15) is 0 Å². The first-order chi connectivity index (χ1) is 5.47. The van der Waals surface area contributed by atoms with Crippen molar-refractivity contribution in [1.82, 2.24) is 0 Å². The van der Waals surface area contributed by atoms with E-state index in [1.54, 1.807) is 18.6 Å². The summed E-state index contributed by atoms with van der Waals surface area (Å²) in [5, 5.41) is 0. The van der Waals surface area contributed by atoms with E-state index in [9.17, 15) is 0 Å². The smallest absolute Gasteiger partial charge is 0.152 e. The number of halogens is 1. The third kappa shape index (κ3) is 1.66. The second kappa shape index (κ2) is 3.93. The van der Waals surface area contributed by atoms with E-state index >= 15 is 0 Å². The van der Waals surface area contributed by atoms with Crippen molar-refractivity contribution in [2.24, 2.45) is 4.99 Å². The molecule has 0 radical (unpaired) electrons. The average molecular weight is 182 g/mol. The lowest BCUT2D eigenvalue weighted by Crippen LogP contribution is -1.78. The SMILES string of the molecule is C1=COc2ccccc2N=C1.Cl. The summed E-state index contributed by atoms with van der Waals surface area (Å²) in [5.41, 5.74) is 0.873. The summed E-state index contributed by atoms with van der Waals surface area (Å²) in [6, 6.07) is 7.67. The van der Waals surface area contributed by atoms with Crippen molar-refractivity contribution >= 4 is 24.3 Å². The van der Waals surface area contributed by atoms with Gasteiger partial charge in [-0.2, -0.15) is 0 Å². The molecule has 0 fully saturated rings. The molecule has 3 heteroatoms. The number of fused-ring (bicyclic) bond motifs is 1. The predicted octanol–water partition coefficient (Wildman–Crippen LogP) is 2.72. The second-order valence-electron chi connectivity index (χ2n) is 2.19. The van der Waals surface area contributed by atoms with Gasteiger partial charge >= 0.3 is 0 Å². The maximum absolute atomic E-state index is 5.24. The van der Waals surface area contributed by atoms with Crippen molar-refractivity contribution in [2.75, 3.05) is 0 Å². The van der Waals surface area contributed by atoms with E-state index in [1.807, 2.05) is 24.3 Å². The molecule has 1 aromatic rings. The van der Waals surface area contributed by atoms with Crippen LogP contribution in [0.4, 0.5) is 5.69 Å². The summed E-state index contributed by atoms with van der Waals surface area (Å²) in [4.78, 5) is 4.15. The molecular formula is C9H8ClNO. The summed E-state index contributed by atoms with van der Waals surface area (Å²) in [7, 11) is 0. The first-order valence-corrected chi connectivity index (χ1v) is 3.42. The average Bonchev–Trinajstić information content (AvgIpc) is 2.28. The quantitative estimate of drug-likeness (QED) is 0.603. The van der Waals surface area contributed by atoms with Gasteiger partial charge in [-0.05, 0) is 18.2 Å². The highest BCUT2D eigenvalue weighted by Gasteiger charge is 1.99. The summed E-state index contributed by atoms with van der Waals surface area (Å²) in [6.45, 7) is 0. The number of hydrogen-bond donors (Lipinski definition) is 0. The van der Waals surface area contributed by atoms with E-state index in [0.717, 1.165) is 11.4 Å². The Morgan fingerprint density at radius 3 is 2.92 bits per heavy atom. The fraction of sp³-hybridized carbons (Fsp3) is 0. The molecule has 0 aliphatic carbocycles. The highest BCUT2D eigenvalue weighted by atomic mass is 35.5. The van der Waals surface area contributed by atoms with Crippen LogP contribution in [0.2, 0.25) is 0 Å². The van der Waals surface area contributed by atoms with E-state index in [1.165, 1.54) is 0 Å². The summed E-state index contributed by atoms with van der Waals surface area (Å²) in [5.74, 6) is 0.803. The Bertz CT molecular complexity index is 320. The third-order valence-corrected chi connectivity index (χ3v) is 1.44. The van der Waals surface area contributed by atoms with E-state index in [2.05, 4.69) is 4.99 Å². The van der Waals surface area contributed by atoms with Crippen LogP contribution >= 0.6 is 12.4 Å². The molecule has 2 rings (SSSR count). The molecule has 0 spiro atoms. The summed E-state index contributed by atoms with van der Waals surface area (Å²) in [6.07, 6.45) is 5.10. The highest BCUT2D eigenvalue weighted by Crippen LogP contribution is 2.27. The van der Waals surface area contributed by atoms with Crippen LogP contribution in [-0.4, -0.2) is 6.21 Å². The van der Waals surface area contributed by atoms with Crippen molar-refractivity contribution in [2.45, 2.75) is 0 Å². The number of hydrogen-bond acceptors (Lipinski definition) is 2. The van der Waals surface area contributed by atoms with Crippen molar-refractivity contribution < 1.29 is 4.74 Å². The van der Waals surface area contributed by atoms with Gasteiger partial charge in [0, 0.05) is 6.21 Å². The van der Waals surface area contributed by atoms with Gasteiger partial charge in [-0.3, -0.25) is 4.99 Å². The van der Waals surface area contributed by atoms with Crippen molar-refractivity contribution in [3.63, 3.8) is 0 Å². The minimum absolute atomic E-state index is 0. The van der Waals surface area contributed by atoms with Crippen LogP contribution in [-0.2, 0) is 0 Å². The molecule has 0 saturated carbocycles. The standard InChI is InChI=1S/C9H7NO.ClH/c1-2-5-9-8(4-1)10-6-3-7-11-9;/h1-7H;1H. The Morgan fingerprint density at radius 1 is 1.17 bits per heavy atom. The fourth-order valence-electron chi connectivity index (χ4n) is 0.935. The zero-order valence-electron chi connectivity index (χ0n) is 6.31. The highest BCUT2D eigenvalue weighted by molar-refractivity contribution is 5.85. The number of ether oxygens (including phenoxy) is 1. The minimum Gasteiger partial charge on any atom is -0.463 e. The van der Waals surface area contributed by atoms with Crippen molar-refractivity contribution in [3.8, 4) is 5.75 Å². The molecule has 0 bridgehead atoms. The number of allylic oxidation sites excluding steroid dienone is 1. The predicted molar refractivity (Wildman–Crippen MR) is 51.6 cm³/mol. The number of nitrogens with zero attached hydrogens (tertiary/aromatic N) is 1. The van der Waals surface area contributed by atoms with Crippen LogP contribution < -0.4 is 4.74 Å². The maximum Gasteiger partial charge on any atom is 0.152 e. The largest absolute Gasteiger partial charge is 0.463 e. The Balaban J connectivity index is 0.000000720. The number of rotatable bonds is 0. The molecule has 12 heavy (non-hydrogen) atoms. The molecule has 0 saturated heterocycles. The lowest BCUT2D eigenvalue weighted by Gasteiger charge is -1.99. The van der Waals surface area contributed by atoms with Gasteiger partial charge in [-0.25, -0.2) is 0 Å². The zero-order chi connectivity index (χ0) is 7.52. The Morgan fingerprint density at radius 2 is 2.00 bits per heavy atom. The Hall–Kier alpha value is -1.28. The topological polar surface area (TPSA) is 21.6 Å². The molecule has 0 amide bonds. The van der Waals surface area contributed by atoms with Gasteiger partial charge in [-0.1, -0.05) is 12.1 Å². The molecule has 1 aliphatic rings. The van der Waals surface area contributed by atoms with Gasteiger partial charge in [-0.15, -0.1) is 12.4 Å². The molecule has 0 atom stereocenters. The van der Waals surface area contributed by atoms with E-state index in [4.69, 9.17) is 4.74 Å². The van der Waals surface area contributed by atoms with Gasteiger partial charge < -0.3 is 4.74 Å². The Labute approximate surface area is 77.0 Å². The molecule has 62 valence electrons. The Kier molecular flexibility index (Phi) is 2.88. The molecular weight excluding hydrogens is 174 g/mol. The van der Waals surface area contributed by atoms with Crippen molar-refractivity contribution in [1.29, 1.82) is 0 Å². The molecule has 1 aliphatic heterocycles. The minimum atomic E-state index is 0. The van der Waals surface area contributed by atoms with E-state index < -0.39 is 0 Å². The van der Waals surface area contributed by atoms with Gasteiger partial charge in [0.05, 0.1) is 6.26 Å². The first kappa shape index (κ1) is 8.81. The van der Waals surface area contributed by atoms with E-state index in [0.29, 0.717) is 0 Å². The van der Waals surface area contributed by atoms with Gasteiger partial charge in [0.2, 0.25) is 0 Å². The lowest BCUT2D eigenvalue weighted by molar-refractivity contribution is 0.485. The maximum atomic E-state index is 5.24. The summed E-state index contributed by atoms with van der Waals surface area (Å²) < 4.78 is 5.24. The number of aliphatic imine (C=N–C) groups is 1. The fourth-order valence-corrected chi connectivity index (χ4v) is 0.935. The molecule has 0 unspecified atom stereocenters. The summed E-state index contributed by atoms with van der Waals surface area (Å²) >= 11 is 0. The zero-order valence-corrected chi connectivity index (χ0v) is 7.12. The molecule has 0 aromatic heterocycles. The van der Waals surface area contributed by atoms with Crippen LogP contribution in [0.25, 0.3) is 0 Å². The normalized spacial score (nSPS) is 12.3. The molecule has 2 nitrogen and oxygen atoms in total. The van der Waals surface area contributed by atoms with Gasteiger partial charge in [0.25, 0.3) is 0 Å². The first-order valence-electron chi connectivity index (χ1n) is 3.42. The second-order valence-corrected chi connectivity index (χ2v) is 2.19. The van der Waals surface area contributed by atoms with Crippen LogP contribution in [0.15, 0.2) is 41.6 Å². The van der Waals surface area contributed by atoms with Gasteiger partial charge in [0.15, 0.2) is 5.75 Å². The molecule has 0 N–H and O–H groups in total. The van der Waals surface area contributed by atoms with Gasteiger partial charge in [0.1, 0.15) is 5.69 Å². The number of benzene rings is 1. The monoisotopic (exact) mass is 181 g/mol. The van der Waals surface area contributed by atoms with E-state index in [-0.39, 0.29) is 12.4 Å². The van der Waals surface area contributed by atoms with Crippen LogP contribution in [0.3, 0.4) is 0 Å². The number of para-hydroxylation sites is 2. The molecule has 1 aromatic carbocycles. The van der Waals surface area contributed by atoms with Crippen molar-refractivity contribution in [3.05, 3.63) is 36.6 Å². The van der Waals surface area contributed by atoms with Crippen LogP contribution in [0, 0.1) is 0 Å².